The van der Waals surface area contributed by atoms with Crippen molar-refractivity contribution in [2.45, 2.75) is 66.6 Å². The molecule has 0 saturated heterocycles. The average molecular weight is 408 g/mol. The topological polar surface area (TPSA) is 112 Å². The Balaban J connectivity index is 3.72. The SMILES string of the molecule is CCOC(=O)c1c(C=O)cc(C)nc1N(C(=O)OC(C)(C)C)C(=O)OC(C)(C)C. The van der Waals surface area contributed by atoms with Gasteiger partial charge in [0, 0.05) is 11.3 Å². The Labute approximate surface area is 170 Å². The zero-order valence-corrected chi connectivity index (χ0v) is 18.1. The predicted octanol–water partition coefficient (Wildman–Crippen LogP) is 4.06. The first kappa shape index (κ1) is 24.1. The molecule has 0 saturated carbocycles. The van der Waals surface area contributed by atoms with Gasteiger partial charge in [-0.15, -0.1) is 0 Å². The molecular weight excluding hydrogens is 380 g/mol. The Morgan fingerprint density at radius 3 is 1.90 bits per heavy atom. The normalized spacial score (nSPS) is 11.4. The molecule has 0 aromatic carbocycles. The molecule has 9 nitrogen and oxygen atoms in total. The van der Waals surface area contributed by atoms with Gasteiger partial charge in [0.25, 0.3) is 0 Å². The molecule has 0 aliphatic carbocycles. The Morgan fingerprint density at radius 2 is 1.52 bits per heavy atom. The second-order valence-corrected chi connectivity index (χ2v) is 8.19. The van der Waals surface area contributed by atoms with Crippen molar-refractivity contribution in [1.29, 1.82) is 0 Å². The largest absolute Gasteiger partial charge is 0.462 e. The molecule has 0 aliphatic heterocycles. The summed E-state index contributed by atoms with van der Waals surface area (Å²) in [5.74, 6) is -1.30. The van der Waals surface area contributed by atoms with Gasteiger partial charge in [0.1, 0.15) is 16.8 Å². The predicted molar refractivity (Wildman–Crippen MR) is 105 cm³/mol. The molecule has 9 heteroatoms. The zero-order valence-electron chi connectivity index (χ0n) is 18.1. The molecule has 0 aliphatic rings. The molecule has 0 atom stereocenters. The van der Waals surface area contributed by atoms with Crippen LogP contribution in [-0.4, -0.2) is 47.2 Å². The fourth-order valence-corrected chi connectivity index (χ4v) is 2.21. The Kier molecular flexibility index (Phi) is 7.49. The minimum Gasteiger partial charge on any atom is -0.462 e. The Bertz CT molecular complexity index is 776. The van der Waals surface area contributed by atoms with E-state index in [0.717, 1.165) is 0 Å². The van der Waals surface area contributed by atoms with E-state index >= 15 is 0 Å². The average Bonchev–Trinajstić information content (AvgIpc) is 2.50. The number of aromatic nitrogens is 1. The molecule has 0 N–H and O–H groups in total. The van der Waals surface area contributed by atoms with Crippen LogP contribution in [0, 0.1) is 6.92 Å². The lowest BCUT2D eigenvalue weighted by Gasteiger charge is -2.29. The molecule has 0 bridgehead atoms. The number of nitrogens with zero attached hydrogens (tertiary/aromatic N) is 2. The maximum Gasteiger partial charge on any atom is 0.425 e. The van der Waals surface area contributed by atoms with E-state index in [1.165, 1.54) is 6.07 Å². The quantitative estimate of drug-likeness (QED) is 0.416. The van der Waals surface area contributed by atoms with Crippen molar-refractivity contribution in [2.24, 2.45) is 0 Å². The Morgan fingerprint density at radius 1 is 1.03 bits per heavy atom. The first-order chi connectivity index (χ1) is 13.2. The number of carbonyl (C=O) groups is 4. The number of hydrogen-bond donors (Lipinski definition) is 0. The summed E-state index contributed by atoms with van der Waals surface area (Å²) in [4.78, 5) is 54.5. The minimum absolute atomic E-state index is 0.0172. The third kappa shape index (κ3) is 6.85. The molecule has 1 rings (SSSR count). The van der Waals surface area contributed by atoms with Crippen LogP contribution >= 0.6 is 0 Å². The summed E-state index contributed by atoms with van der Waals surface area (Å²) in [6.45, 7) is 12.8. The van der Waals surface area contributed by atoms with E-state index in [9.17, 15) is 19.2 Å². The van der Waals surface area contributed by atoms with Crippen LogP contribution < -0.4 is 4.90 Å². The number of anilines is 1. The number of ether oxygens (including phenoxy) is 3. The molecule has 160 valence electrons. The van der Waals surface area contributed by atoms with Gasteiger partial charge in [-0.1, -0.05) is 0 Å². The molecule has 0 fully saturated rings. The van der Waals surface area contributed by atoms with E-state index in [0.29, 0.717) is 16.9 Å². The van der Waals surface area contributed by atoms with E-state index < -0.39 is 35.2 Å². The Hall–Kier alpha value is -2.97. The number of carbonyl (C=O) groups excluding carboxylic acids is 4. The highest BCUT2D eigenvalue weighted by molar-refractivity contribution is 6.14. The van der Waals surface area contributed by atoms with Crippen LogP contribution in [0.3, 0.4) is 0 Å². The lowest BCUT2D eigenvalue weighted by atomic mass is 10.1. The summed E-state index contributed by atoms with van der Waals surface area (Å²) in [6, 6.07) is 1.35. The maximum atomic E-state index is 12.9. The molecule has 1 aromatic heterocycles. The van der Waals surface area contributed by atoms with E-state index in [1.807, 2.05) is 0 Å². The molecular formula is C20H28N2O7. The van der Waals surface area contributed by atoms with Crippen LogP contribution in [-0.2, 0) is 14.2 Å². The van der Waals surface area contributed by atoms with E-state index in [2.05, 4.69) is 4.98 Å². The van der Waals surface area contributed by atoms with Crippen LogP contribution in [0.1, 0.15) is 74.9 Å². The standard InChI is InChI=1S/C20H28N2O7/c1-9-27-16(24)14-13(11-23)10-12(2)21-15(14)22(17(25)28-19(3,4)5)18(26)29-20(6,7)8/h10-11H,9H2,1-8H3. The van der Waals surface area contributed by atoms with Crippen molar-refractivity contribution < 1.29 is 33.4 Å². The number of imide groups is 1. The minimum atomic E-state index is -1.10. The molecule has 2 amide bonds. The summed E-state index contributed by atoms with van der Waals surface area (Å²) in [7, 11) is 0. The van der Waals surface area contributed by atoms with Crippen molar-refractivity contribution in [3.63, 3.8) is 0 Å². The molecule has 0 unspecified atom stereocenters. The van der Waals surface area contributed by atoms with Crippen molar-refractivity contribution in [1.82, 2.24) is 4.98 Å². The van der Waals surface area contributed by atoms with Gasteiger partial charge in [0.15, 0.2) is 12.1 Å². The zero-order chi connectivity index (χ0) is 22.6. The summed E-state index contributed by atoms with van der Waals surface area (Å²) in [5.41, 5.74) is -2.00. The fourth-order valence-electron chi connectivity index (χ4n) is 2.21. The van der Waals surface area contributed by atoms with E-state index in [-0.39, 0.29) is 17.7 Å². The second-order valence-electron chi connectivity index (χ2n) is 8.19. The second kappa shape index (κ2) is 9.02. The van der Waals surface area contributed by atoms with Crippen LogP contribution in [0.15, 0.2) is 6.07 Å². The first-order valence-corrected chi connectivity index (χ1v) is 9.10. The number of hydrogen-bond acceptors (Lipinski definition) is 8. The first-order valence-electron chi connectivity index (χ1n) is 9.10. The third-order valence-corrected chi connectivity index (χ3v) is 3.13. The van der Waals surface area contributed by atoms with E-state index in [4.69, 9.17) is 14.2 Å². The lowest BCUT2D eigenvalue weighted by Crippen LogP contribution is -2.45. The van der Waals surface area contributed by atoms with Gasteiger partial charge in [-0.25, -0.2) is 19.4 Å². The van der Waals surface area contributed by atoms with Gasteiger partial charge < -0.3 is 14.2 Å². The molecule has 0 spiro atoms. The van der Waals surface area contributed by atoms with Crippen molar-refractivity contribution >= 4 is 30.3 Å². The summed E-state index contributed by atoms with van der Waals surface area (Å²) >= 11 is 0. The van der Waals surface area contributed by atoms with Gasteiger partial charge in [-0.05, 0) is 61.5 Å². The number of pyridine rings is 1. The molecule has 29 heavy (non-hydrogen) atoms. The maximum absolute atomic E-state index is 12.9. The fraction of sp³-hybridized carbons (Fsp3) is 0.550. The van der Waals surface area contributed by atoms with Gasteiger partial charge >= 0.3 is 18.2 Å². The van der Waals surface area contributed by atoms with Crippen molar-refractivity contribution in [3.8, 4) is 0 Å². The van der Waals surface area contributed by atoms with Crippen LogP contribution in [0.2, 0.25) is 0 Å². The summed E-state index contributed by atoms with van der Waals surface area (Å²) < 4.78 is 15.6. The van der Waals surface area contributed by atoms with E-state index in [1.54, 1.807) is 55.4 Å². The van der Waals surface area contributed by atoms with Crippen molar-refractivity contribution in [2.75, 3.05) is 11.5 Å². The third-order valence-electron chi connectivity index (χ3n) is 3.13. The van der Waals surface area contributed by atoms with Crippen LogP contribution in [0.5, 0.6) is 0 Å². The van der Waals surface area contributed by atoms with Gasteiger partial charge in [-0.3, -0.25) is 4.79 Å². The van der Waals surface area contributed by atoms with Crippen LogP contribution in [0.25, 0.3) is 0 Å². The van der Waals surface area contributed by atoms with Crippen LogP contribution in [0.4, 0.5) is 15.4 Å². The highest BCUT2D eigenvalue weighted by Crippen LogP contribution is 2.27. The number of aryl methyl sites for hydroxylation is 1. The smallest absolute Gasteiger partial charge is 0.425 e. The van der Waals surface area contributed by atoms with Crippen molar-refractivity contribution in [3.05, 3.63) is 22.9 Å². The number of amides is 2. The number of esters is 1. The number of rotatable bonds is 4. The van der Waals surface area contributed by atoms with Gasteiger partial charge in [0.2, 0.25) is 0 Å². The monoisotopic (exact) mass is 408 g/mol. The van der Waals surface area contributed by atoms with Gasteiger partial charge in [0.05, 0.1) is 6.61 Å². The highest BCUT2D eigenvalue weighted by Gasteiger charge is 2.37. The molecule has 1 aromatic rings. The van der Waals surface area contributed by atoms with Gasteiger partial charge in [-0.2, -0.15) is 4.90 Å². The lowest BCUT2D eigenvalue weighted by molar-refractivity contribution is 0.0428. The number of aldehydes is 1. The molecule has 0 radical (unpaired) electrons. The summed E-state index contributed by atoms with van der Waals surface area (Å²) in [5, 5.41) is 0. The summed E-state index contributed by atoms with van der Waals surface area (Å²) in [6.07, 6.45) is -1.79. The highest BCUT2D eigenvalue weighted by atomic mass is 16.6. The molecule has 1 heterocycles.